The first-order valence-electron chi connectivity index (χ1n) is 6.78. The molecular formula is C17H19FN2O. The minimum atomic E-state index is -0.232. The highest BCUT2D eigenvalue weighted by Gasteiger charge is 2.07. The highest BCUT2D eigenvalue weighted by atomic mass is 19.1. The Labute approximate surface area is 124 Å². The standard InChI is InChI=1S/C17H19FN2O/c1-12-4-7-15(18)10-14(12)11-19-16-8-5-13(6-9-16)17(21)20(2)3/h4-10,19H,11H2,1-3H3. The summed E-state index contributed by atoms with van der Waals surface area (Å²) in [6.45, 7) is 2.50. The second-order valence-electron chi connectivity index (χ2n) is 5.20. The lowest BCUT2D eigenvalue weighted by atomic mass is 10.1. The number of halogens is 1. The molecule has 0 saturated carbocycles. The smallest absolute Gasteiger partial charge is 0.253 e. The Kier molecular flexibility index (Phi) is 4.58. The molecule has 1 N–H and O–H groups in total. The molecule has 0 fully saturated rings. The van der Waals surface area contributed by atoms with E-state index in [0.717, 1.165) is 16.8 Å². The number of aryl methyl sites for hydroxylation is 1. The maximum absolute atomic E-state index is 13.2. The van der Waals surface area contributed by atoms with Gasteiger partial charge in [0.15, 0.2) is 0 Å². The van der Waals surface area contributed by atoms with Crippen LogP contribution in [0.25, 0.3) is 0 Å². The molecule has 0 spiro atoms. The van der Waals surface area contributed by atoms with E-state index < -0.39 is 0 Å². The number of hydrogen-bond donors (Lipinski definition) is 1. The summed E-state index contributed by atoms with van der Waals surface area (Å²) in [5, 5.41) is 3.23. The highest BCUT2D eigenvalue weighted by molar-refractivity contribution is 5.94. The summed E-state index contributed by atoms with van der Waals surface area (Å²) in [6.07, 6.45) is 0. The van der Waals surface area contributed by atoms with Gasteiger partial charge in [0, 0.05) is 31.9 Å². The third-order valence-electron chi connectivity index (χ3n) is 3.33. The fourth-order valence-corrected chi connectivity index (χ4v) is 2.02. The number of anilines is 1. The van der Waals surface area contributed by atoms with Gasteiger partial charge in [-0.15, -0.1) is 0 Å². The fraction of sp³-hybridized carbons (Fsp3) is 0.235. The molecule has 0 aliphatic carbocycles. The summed E-state index contributed by atoms with van der Waals surface area (Å²) >= 11 is 0. The first-order chi connectivity index (χ1) is 9.97. The quantitative estimate of drug-likeness (QED) is 0.933. The lowest BCUT2D eigenvalue weighted by Crippen LogP contribution is -2.21. The Bertz CT molecular complexity index is 636. The van der Waals surface area contributed by atoms with Crippen LogP contribution in [-0.4, -0.2) is 24.9 Å². The van der Waals surface area contributed by atoms with E-state index in [1.165, 1.54) is 12.1 Å². The Morgan fingerprint density at radius 3 is 2.43 bits per heavy atom. The summed E-state index contributed by atoms with van der Waals surface area (Å²) in [4.78, 5) is 13.3. The first-order valence-corrected chi connectivity index (χ1v) is 6.78. The highest BCUT2D eigenvalue weighted by Crippen LogP contribution is 2.15. The molecule has 0 radical (unpaired) electrons. The molecule has 0 unspecified atom stereocenters. The summed E-state index contributed by atoms with van der Waals surface area (Å²) < 4.78 is 13.2. The largest absolute Gasteiger partial charge is 0.381 e. The zero-order valence-corrected chi connectivity index (χ0v) is 12.5. The molecule has 21 heavy (non-hydrogen) atoms. The van der Waals surface area contributed by atoms with Crippen LogP contribution in [0, 0.1) is 12.7 Å². The maximum atomic E-state index is 13.2. The van der Waals surface area contributed by atoms with E-state index in [0.29, 0.717) is 12.1 Å². The van der Waals surface area contributed by atoms with Gasteiger partial charge >= 0.3 is 0 Å². The van der Waals surface area contributed by atoms with Crippen molar-refractivity contribution in [2.75, 3.05) is 19.4 Å². The van der Waals surface area contributed by atoms with Crippen LogP contribution < -0.4 is 5.32 Å². The Morgan fingerprint density at radius 2 is 1.81 bits per heavy atom. The van der Waals surface area contributed by atoms with Gasteiger partial charge in [-0.1, -0.05) is 6.07 Å². The van der Waals surface area contributed by atoms with Crippen LogP contribution in [0.2, 0.25) is 0 Å². The van der Waals surface area contributed by atoms with Gasteiger partial charge in [-0.25, -0.2) is 4.39 Å². The zero-order valence-electron chi connectivity index (χ0n) is 12.5. The van der Waals surface area contributed by atoms with Gasteiger partial charge in [-0.3, -0.25) is 4.79 Å². The van der Waals surface area contributed by atoms with Crippen molar-refractivity contribution >= 4 is 11.6 Å². The lowest BCUT2D eigenvalue weighted by Gasteiger charge is -2.12. The van der Waals surface area contributed by atoms with Gasteiger partial charge in [0.2, 0.25) is 0 Å². The molecule has 2 rings (SSSR count). The molecule has 2 aromatic rings. The third kappa shape index (κ3) is 3.81. The van der Waals surface area contributed by atoms with Gasteiger partial charge in [0.25, 0.3) is 5.91 Å². The van der Waals surface area contributed by atoms with Gasteiger partial charge in [0.05, 0.1) is 0 Å². The van der Waals surface area contributed by atoms with Crippen LogP contribution in [-0.2, 0) is 6.54 Å². The monoisotopic (exact) mass is 286 g/mol. The van der Waals surface area contributed by atoms with E-state index in [1.54, 1.807) is 37.2 Å². The number of carbonyl (C=O) groups is 1. The van der Waals surface area contributed by atoms with Crippen LogP contribution in [0.5, 0.6) is 0 Å². The van der Waals surface area contributed by atoms with E-state index >= 15 is 0 Å². The molecule has 0 atom stereocenters. The van der Waals surface area contributed by atoms with E-state index in [1.807, 2.05) is 19.1 Å². The molecule has 0 saturated heterocycles. The van der Waals surface area contributed by atoms with Gasteiger partial charge in [-0.2, -0.15) is 0 Å². The van der Waals surface area contributed by atoms with E-state index in [9.17, 15) is 9.18 Å². The number of nitrogens with one attached hydrogen (secondary N) is 1. The second-order valence-corrected chi connectivity index (χ2v) is 5.20. The Morgan fingerprint density at radius 1 is 1.14 bits per heavy atom. The Balaban J connectivity index is 2.04. The van der Waals surface area contributed by atoms with Crippen molar-refractivity contribution in [3.63, 3.8) is 0 Å². The predicted octanol–water partition coefficient (Wildman–Crippen LogP) is 3.45. The molecule has 4 heteroatoms. The number of carbonyl (C=O) groups excluding carboxylic acids is 1. The van der Waals surface area contributed by atoms with Crippen molar-refractivity contribution in [3.8, 4) is 0 Å². The Hall–Kier alpha value is -2.36. The normalized spacial score (nSPS) is 10.3. The molecule has 3 nitrogen and oxygen atoms in total. The minimum Gasteiger partial charge on any atom is -0.381 e. The average molecular weight is 286 g/mol. The van der Waals surface area contributed by atoms with Crippen molar-refractivity contribution in [3.05, 3.63) is 65.0 Å². The maximum Gasteiger partial charge on any atom is 0.253 e. The fourth-order valence-electron chi connectivity index (χ4n) is 2.02. The van der Waals surface area contributed by atoms with Crippen LogP contribution in [0.3, 0.4) is 0 Å². The van der Waals surface area contributed by atoms with Crippen LogP contribution >= 0.6 is 0 Å². The number of amides is 1. The van der Waals surface area contributed by atoms with Crippen molar-refractivity contribution in [2.24, 2.45) is 0 Å². The summed E-state index contributed by atoms with van der Waals surface area (Å²) in [5.74, 6) is -0.258. The van der Waals surface area contributed by atoms with Crippen LogP contribution in [0.15, 0.2) is 42.5 Å². The van der Waals surface area contributed by atoms with E-state index in [2.05, 4.69) is 5.32 Å². The number of hydrogen-bond acceptors (Lipinski definition) is 2. The minimum absolute atomic E-state index is 0.0254. The molecule has 1 amide bonds. The van der Waals surface area contributed by atoms with Crippen molar-refractivity contribution in [1.82, 2.24) is 4.90 Å². The SMILES string of the molecule is Cc1ccc(F)cc1CNc1ccc(C(=O)N(C)C)cc1. The predicted molar refractivity (Wildman–Crippen MR) is 82.9 cm³/mol. The second kappa shape index (κ2) is 6.39. The van der Waals surface area contributed by atoms with E-state index in [4.69, 9.17) is 0 Å². The molecule has 0 aliphatic rings. The summed E-state index contributed by atoms with van der Waals surface area (Å²) in [5.41, 5.74) is 3.51. The molecule has 0 aromatic heterocycles. The average Bonchev–Trinajstić information content (AvgIpc) is 2.48. The topological polar surface area (TPSA) is 32.3 Å². The first kappa shape index (κ1) is 15.0. The molecule has 110 valence electrons. The number of nitrogens with zero attached hydrogens (tertiary/aromatic N) is 1. The molecular weight excluding hydrogens is 267 g/mol. The summed E-state index contributed by atoms with van der Waals surface area (Å²) in [6, 6.07) is 12.0. The van der Waals surface area contributed by atoms with Gasteiger partial charge in [0.1, 0.15) is 5.82 Å². The third-order valence-corrected chi connectivity index (χ3v) is 3.33. The lowest BCUT2D eigenvalue weighted by molar-refractivity contribution is 0.0827. The molecule has 0 bridgehead atoms. The van der Waals surface area contributed by atoms with Gasteiger partial charge in [-0.05, 0) is 54.4 Å². The molecule has 2 aromatic carbocycles. The van der Waals surface area contributed by atoms with E-state index in [-0.39, 0.29) is 11.7 Å². The van der Waals surface area contributed by atoms with Crippen molar-refractivity contribution in [2.45, 2.75) is 13.5 Å². The van der Waals surface area contributed by atoms with Crippen molar-refractivity contribution in [1.29, 1.82) is 0 Å². The molecule has 0 aliphatic heterocycles. The molecule has 0 heterocycles. The van der Waals surface area contributed by atoms with Gasteiger partial charge < -0.3 is 10.2 Å². The zero-order chi connectivity index (χ0) is 15.4. The number of benzene rings is 2. The van der Waals surface area contributed by atoms with Crippen molar-refractivity contribution < 1.29 is 9.18 Å². The van der Waals surface area contributed by atoms with Crippen LogP contribution in [0.4, 0.5) is 10.1 Å². The number of rotatable bonds is 4. The summed E-state index contributed by atoms with van der Waals surface area (Å²) in [7, 11) is 3.45. The van der Waals surface area contributed by atoms with Crippen LogP contribution in [0.1, 0.15) is 21.5 Å².